The third-order valence-corrected chi connectivity index (χ3v) is 2.57. The summed E-state index contributed by atoms with van der Waals surface area (Å²) in [6, 6.07) is 0. The van der Waals surface area contributed by atoms with Gasteiger partial charge in [0.05, 0.1) is 0 Å². The van der Waals surface area contributed by atoms with Crippen LogP contribution in [0.3, 0.4) is 0 Å². The first-order chi connectivity index (χ1) is 6.76. The van der Waals surface area contributed by atoms with E-state index in [4.69, 9.17) is 10.4 Å². The van der Waals surface area contributed by atoms with Crippen molar-refractivity contribution in [3.8, 4) is 6.19 Å². The van der Waals surface area contributed by atoms with Gasteiger partial charge in [0, 0.05) is 20.2 Å². The molecule has 14 heavy (non-hydrogen) atoms. The molecule has 0 aliphatic carbocycles. The van der Waals surface area contributed by atoms with Crippen molar-refractivity contribution in [2.45, 2.75) is 19.3 Å². The Morgan fingerprint density at radius 3 is 2.71 bits per heavy atom. The summed E-state index contributed by atoms with van der Waals surface area (Å²) in [6.07, 6.45) is 6.56. The number of aliphatic imine (C=N–C) groups is 1. The molecule has 0 atom stereocenters. The van der Waals surface area contributed by atoms with E-state index in [2.05, 4.69) is 4.99 Å². The molecule has 0 radical (unpaired) electrons. The van der Waals surface area contributed by atoms with Gasteiger partial charge in [0.15, 0.2) is 5.17 Å². The Hall–Kier alpha value is -0.730. The smallest absolute Gasteiger partial charge is 0.208 e. The van der Waals surface area contributed by atoms with Crippen LogP contribution in [0, 0.1) is 11.5 Å². The predicted octanol–water partition coefficient (Wildman–Crippen LogP) is 1.28. The van der Waals surface area contributed by atoms with Gasteiger partial charge in [0.1, 0.15) is 0 Å². The Kier molecular flexibility index (Phi) is 8.39. The van der Waals surface area contributed by atoms with Crippen LogP contribution >= 0.6 is 11.8 Å². The molecule has 0 rings (SSSR count). The van der Waals surface area contributed by atoms with Gasteiger partial charge in [-0.3, -0.25) is 0 Å². The number of rotatable bonds is 5. The zero-order chi connectivity index (χ0) is 10.8. The van der Waals surface area contributed by atoms with Crippen molar-refractivity contribution < 1.29 is 5.11 Å². The lowest BCUT2D eigenvalue weighted by Gasteiger charge is -2.18. The summed E-state index contributed by atoms with van der Waals surface area (Å²) in [4.78, 5) is 5.67. The number of nitriles is 1. The van der Waals surface area contributed by atoms with E-state index < -0.39 is 0 Å². The Bertz CT molecular complexity index is 213. The standard InChI is InChI=1S/C9H17N3OS/c1-12(6-4-3-5-7-13)9(14-2)11-8-10/h13H,3-7H2,1-2H3. The highest BCUT2D eigenvalue weighted by atomic mass is 32.2. The maximum atomic E-state index is 8.59. The molecule has 80 valence electrons. The fraction of sp³-hybridized carbons (Fsp3) is 0.778. The molecule has 4 nitrogen and oxygen atoms in total. The van der Waals surface area contributed by atoms with Crippen molar-refractivity contribution in [3.05, 3.63) is 0 Å². The molecule has 0 bridgehead atoms. The summed E-state index contributed by atoms with van der Waals surface area (Å²) in [5, 5.41) is 17.7. The molecule has 0 amide bonds. The highest BCUT2D eigenvalue weighted by Crippen LogP contribution is 2.05. The fourth-order valence-electron chi connectivity index (χ4n) is 1.06. The summed E-state index contributed by atoms with van der Waals surface area (Å²) >= 11 is 1.47. The van der Waals surface area contributed by atoms with Crippen molar-refractivity contribution >= 4 is 16.9 Å². The van der Waals surface area contributed by atoms with E-state index in [0.717, 1.165) is 31.0 Å². The van der Waals surface area contributed by atoms with Gasteiger partial charge in [0.25, 0.3) is 0 Å². The Morgan fingerprint density at radius 2 is 2.21 bits per heavy atom. The van der Waals surface area contributed by atoms with Gasteiger partial charge in [-0.05, 0) is 25.5 Å². The van der Waals surface area contributed by atoms with E-state index in [-0.39, 0.29) is 6.61 Å². The number of amidine groups is 1. The van der Waals surface area contributed by atoms with Crippen LogP contribution in [-0.2, 0) is 0 Å². The first-order valence-electron chi connectivity index (χ1n) is 4.59. The van der Waals surface area contributed by atoms with E-state index in [0.29, 0.717) is 0 Å². The number of hydrogen-bond donors (Lipinski definition) is 1. The van der Waals surface area contributed by atoms with Gasteiger partial charge < -0.3 is 10.0 Å². The number of hydrogen-bond acceptors (Lipinski definition) is 4. The second-order valence-corrected chi connectivity index (χ2v) is 3.68. The highest BCUT2D eigenvalue weighted by Gasteiger charge is 2.03. The van der Waals surface area contributed by atoms with E-state index in [1.165, 1.54) is 11.8 Å². The van der Waals surface area contributed by atoms with Crippen LogP contribution in [0.25, 0.3) is 0 Å². The number of nitrogens with zero attached hydrogens (tertiary/aromatic N) is 3. The maximum Gasteiger partial charge on any atom is 0.208 e. The molecular formula is C9H17N3OS. The molecule has 1 N–H and O–H groups in total. The lowest BCUT2D eigenvalue weighted by molar-refractivity contribution is 0.281. The minimum absolute atomic E-state index is 0.255. The van der Waals surface area contributed by atoms with Crippen molar-refractivity contribution in [1.29, 1.82) is 5.26 Å². The maximum absolute atomic E-state index is 8.59. The summed E-state index contributed by atoms with van der Waals surface area (Å²) < 4.78 is 0. The zero-order valence-corrected chi connectivity index (χ0v) is 9.55. The van der Waals surface area contributed by atoms with Gasteiger partial charge in [-0.2, -0.15) is 5.26 Å². The normalized spacial score (nSPS) is 11.1. The number of unbranched alkanes of at least 4 members (excludes halogenated alkanes) is 2. The molecule has 0 fully saturated rings. The van der Waals surface area contributed by atoms with Crippen LogP contribution in [0.1, 0.15) is 19.3 Å². The van der Waals surface area contributed by atoms with Crippen LogP contribution in [0.15, 0.2) is 4.99 Å². The van der Waals surface area contributed by atoms with Gasteiger partial charge in [-0.15, -0.1) is 4.99 Å². The van der Waals surface area contributed by atoms with Gasteiger partial charge >= 0.3 is 0 Å². The lowest BCUT2D eigenvalue weighted by Crippen LogP contribution is -2.25. The molecule has 0 spiro atoms. The second-order valence-electron chi connectivity index (χ2n) is 2.90. The summed E-state index contributed by atoms with van der Waals surface area (Å²) in [7, 11) is 1.92. The predicted molar refractivity (Wildman–Crippen MR) is 60.1 cm³/mol. The molecule has 0 heterocycles. The zero-order valence-electron chi connectivity index (χ0n) is 8.73. The molecule has 0 aliphatic rings. The van der Waals surface area contributed by atoms with E-state index >= 15 is 0 Å². The SMILES string of the molecule is CSC(=NC#N)N(C)CCCCCO. The third-order valence-electron chi connectivity index (χ3n) is 1.81. The lowest BCUT2D eigenvalue weighted by atomic mass is 10.2. The van der Waals surface area contributed by atoms with Crippen LogP contribution < -0.4 is 0 Å². The van der Waals surface area contributed by atoms with Crippen LogP contribution in [-0.4, -0.2) is 41.6 Å². The molecule has 0 saturated carbocycles. The number of thioether (sulfide) groups is 1. The fourth-order valence-corrected chi connectivity index (χ4v) is 1.60. The van der Waals surface area contributed by atoms with Crippen molar-refractivity contribution in [2.75, 3.05) is 26.5 Å². The van der Waals surface area contributed by atoms with E-state index in [1.807, 2.05) is 18.2 Å². The molecule has 0 unspecified atom stereocenters. The molecule has 5 heteroatoms. The van der Waals surface area contributed by atoms with Gasteiger partial charge in [-0.25, -0.2) is 0 Å². The van der Waals surface area contributed by atoms with E-state index in [1.54, 1.807) is 6.19 Å². The van der Waals surface area contributed by atoms with Crippen LogP contribution in [0.4, 0.5) is 0 Å². The average molecular weight is 215 g/mol. The minimum atomic E-state index is 0.255. The average Bonchev–Trinajstić information content (AvgIpc) is 2.20. The molecule has 0 aromatic carbocycles. The molecule has 0 aliphatic heterocycles. The van der Waals surface area contributed by atoms with Crippen LogP contribution in [0.5, 0.6) is 0 Å². The van der Waals surface area contributed by atoms with Crippen LogP contribution in [0.2, 0.25) is 0 Å². The first-order valence-corrected chi connectivity index (χ1v) is 5.81. The monoisotopic (exact) mass is 215 g/mol. The second kappa shape index (κ2) is 8.85. The molecular weight excluding hydrogens is 198 g/mol. The number of aliphatic hydroxyl groups excluding tert-OH is 1. The molecule has 0 aromatic rings. The first kappa shape index (κ1) is 13.3. The molecule has 0 saturated heterocycles. The summed E-state index contributed by atoms with van der Waals surface area (Å²) in [6.45, 7) is 1.13. The van der Waals surface area contributed by atoms with Crippen molar-refractivity contribution in [1.82, 2.24) is 4.90 Å². The third kappa shape index (κ3) is 5.84. The van der Waals surface area contributed by atoms with Crippen molar-refractivity contribution in [2.24, 2.45) is 4.99 Å². The Labute approximate surface area is 89.6 Å². The van der Waals surface area contributed by atoms with E-state index in [9.17, 15) is 0 Å². The Morgan fingerprint density at radius 1 is 1.50 bits per heavy atom. The Balaban J connectivity index is 3.77. The van der Waals surface area contributed by atoms with Crippen molar-refractivity contribution in [3.63, 3.8) is 0 Å². The van der Waals surface area contributed by atoms with Gasteiger partial charge in [0.2, 0.25) is 6.19 Å². The number of aliphatic hydroxyl groups is 1. The van der Waals surface area contributed by atoms with Gasteiger partial charge in [-0.1, -0.05) is 11.8 Å². The topological polar surface area (TPSA) is 59.6 Å². The highest BCUT2D eigenvalue weighted by molar-refractivity contribution is 8.13. The minimum Gasteiger partial charge on any atom is -0.396 e. The quantitative estimate of drug-likeness (QED) is 0.325. The summed E-state index contributed by atoms with van der Waals surface area (Å²) in [5.74, 6) is 0. The molecule has 0 aromatic heterocycles. The summed E-state index contributed by atoms with van der Waals surface area (Å²) in [5.41, 5.74) is 0. The largest absolute Gasteiger partial charge is 0.396 e.